The van der Waals surface area contributed by atoms with Crippen LogP contribution in [-0.2, 0) is 6.54 Å². The van der Waals surface area contributed by atoms with Gasteiger partial charge >= 0.3 is 0 Å². The molecule has 0 unspecified atom stereocenters. The molecule has 0 aliphatic rings. The van der Waals surface area contributed by atoms with Crippen molar-refractivity contribution in [3.05, 3.63) is 20.8 Å². The van der Waals surface area contributed by atoms with Crippen LogP contribution in [0.5, 0.6) is 0 Å². The van der Waals surface area contributed by atoms with Gasteiger partial charge in [-0.25, -0.2) is 0 Å². The average Bonchev–Trinajstić information content (AvgIpc) is 2.50. The van der Waals surface area contributed by atoms with Crippen LogP contribution in [0.4, 0.5) is 0 Å². The van der Waals surface area contributed by atoms with E-state index in [1.165, 1.54) is 4.88 Å². The maximum atomic E-state index is 7.12. The Hall–Kier alpha value is -0.390. The predicted octanol–water partition coefficient (Wildman–Crippen LogP) is 2.66. The monoisotopic (exact) mass is 289 g/mol. The van der Waals surface area contributed by atoms with Crippen LogP contribution in [0.1, 0.15) is 17.7 Å². The second-order valence-corrected chi connectivity index (χ2v) is 5.51. The third kappa shape index (κ3) is 5.30. The summed E-state index contributed by atoms with van der Waals surface area (Å²) < 4.78 is 1.15. The smallest absolute Gasteiger partial charge is 0.0905 e. The van der Waals surface area contributed by atoms with Crippen molar-refractivity contribution in [3.63, 3.8) is 0 Å². The standard InChI is InChI=1S/C10H16BrN3S/c1-14(4-2-3-10(12)13)6-9-5-8(11)7-15-9/h5,7H,2-4,6H2,1H3,(H3,12,13). The van der Waals surface area contributed by atoms with Crippen LogP contribution < -0.4 is 5.73 Å². The van der Waals surface area contributed by atoms with Gasteiger partial charge < -0.3 is 10.6 Å². The Morgan fingerprint density at radius 3 is 2.93 bits per heavy atom. The summed E-state index contributed by atoms with van der Waals surface area (Å²) >= 11 is 5.20. The zero-order chi connectivity index (χ0) is 11.3. The lowest BCUT2D eigenvalue weighted by atomic mass is 10.3. The van der Waals surface area contributed by atoms with E-state index in [2.05, 4.69) is 39.3 Å². The Morgan fingerprint density at radius 1 is 1.67 bits per heavy atom. The SMILES string of the molecule is CN(CCCC(=N)N)Cc1cc(Br)cs1. The molecule has 0 aromatic carbocycles. The molecule has 0 saturated carbocycles. The van der Waals surface area contributed by atoms with Crippen molar-refractivity contribution in [2.75, 3.05) is 13.6 Å². The fourth-order valence-corrected chi connectivity index (χ4v) is 2.85. The van der Waals surface area contributed by atoms with E-state index in [0.29, 0.717) is 6.42 Å². The summed E-state index contributed by atoms with van der Waals surface area (Å²) in [5.41, 5.74) is 5.30. The second-order valence-electron chi connectivity index (χ2n) is 3.60. The van der Waals surface area contributed by atoms with Crippen molar-refractivity contribution in [1.29, 1.82) is 5.41 Å². The van der Waals surface area contributed by atoms with E-state index >= 15 is 0 Å². The van der Waals surface area contributed by atoms with E-state index in [0.717, 1.165) is 24.0 Å². The first-order valence-corrected chi connectivity index (χ1v) is 6.49. The van der Waals surface area contributed by atoms with Crippen LogP contribution in [-0.4, -0.2) is 24.3 Å². The highest BCUT2D eigenvalue weighted by Gasteiger charge is 2.02. The predicted molar refractivity (Wildman–Crippen MR) is 69.5 cm³/mol. The highest BCUT2D eigenvalue weighted by atomic mass is 79.9. The van der Waals surface area contributed by atoms with Crippen molar-refractivity contribution in [2.45, 2.75) is 19.4 Å². The van der Waals surface area contributed by atoms with E-state index in [1.807, 2.05) is 0 Å². The summed E-state index contributed by atoms with van der Waals surface area (Å²) in [7, 11) is 2.09. The normalized spacial score (nSPS) is 10.9. The number of amidine groups is 1. The van der Waals surface area contributed by atoms with Crippen LogP contribution in [0.15, 0.2) is 15.9 Å². The molecule has 0 aliphatic carbocycles. The van der Waals surface area contributed by atoms with E-state index in [-0.39, 0.29) is 5.84 Å². The van der Waals surface area contributed by atoms with E-state index < -0.39 is 0 Å². The molecule has 1 aromatic heterocycles. The first-order chi connectivity index (χ1) is 7.08. The lowest BCUT2D eigenvalue weighted by Crippen LogP contribution is -2.20. The molecule has 0 spiro atoms. The van der Waals surface area contributed by atoms with Crippen LogP contribution >= 0.6 is 27.3 Å². The lowest BCUT2D eigenvalue weighted by molar-refractivity contribution is 0.327. The van der Waals surface area contributed by atoms with Gasteiger partial charge in [0.05, 0.1) is 5.84 Å². The average molecular weight is 290 g/mol. The number of rotatable bonds is 6. The summed E-state index contributed by atoms with van der Waals surface area (Å²) in [6.07, 6.45) is 1.65. The molecule has 84 valence electrons. The molecule has 1 rings (SSSR count). The Labute approximate surface area is 103 Å². The van der Waals surface area contributed by atoms with E-state index in [4.69, 9.17) is 11.1 Å². The third-order valence-corrected chi connectivity index (χ3v) is 3.72. The molecular formula is C10H16BrN3S. The number of hydrogen-bond donors (Lipinski definition) is 2. The fraction of sp³-hybridized carbons (Fsp3) is 0.500. The molecule has 0 fully saturated rings. The number of hydrogen-bond acceptors (Lipinski definition) is 3. The third-order valence-electron chi connectivity index (χ3n) is 2.03. The minimum atomic E-state index is 0.280. The number of nitrogens with one attached hydrogen (secondary N) is 1. The van der Waals surface area contributed by atoms with Gasteiger partial charge in [0.15, 0.2) is 0 Å². The summed E-state index contributed by atoms with van der Waals surface area (Å²) in [4.78, 5) is 3.61. The van der Waals surface area contributed by atoms with Crippen LogP contribution in [0.25, 0.3) is 0 Å². The highest BCUT2D eigenvalue weighted by Crippen LogP contribution is 2.20. The van der Waals surface area contributed by atoms with Gasteiger partial charge in [0.25, 0.3) is 0 Å². The van der Waals surface area contributed by atoms with Gasteiger partial charge in [0.2, 0.25) is 0 Å². The van der Waals surface area contributed by atoms with Gasteiger partial charge in [-0.3, -0.25) is 5.41 Å². The Kier molecular flexibility index (Phi) is 5.28. The molecule has 3 N–H and O–H groups in total. The second kappa shape index (κ2) is 6.25. The molecule has 5 heteroatoms. The molecular weight excluding hydrogens is 274 g/mol. The molecule has 0 atom stereocenters. The number of nitrogens with zero attached hydrogens (tertiary/aromatic N) is 1. The van der Waals surface area contributed by atoms with Gasteiger partial charge in [-0.1, -0.05) is 0 Å². The van der Waals surface area contributed by atoms with Crippen LogP contribution in [0.3, 0.4) is 0 Å². The number of nitrogens with two attached hydrogens (primary N) is 1. The molecule has 0 radical (unpaired) electrons. The highest BCUT2D eigenvalue weighted by molar-refractivity contribution is 9.10. The van der Waals surface area contributed by atoms with Crippen molar-refractivity contribution in [3.8, 4) is 0 Å². The molecule has 0 aliphatic heterocycles. The lowest BCUT2D eigenvalue weighted by Gasteiger charge is -2.14. The Bertz CT molecular complexity index is 324. The van der Waals surface area contributed by atoms with Gasteiger partial charge in [-0.15, -0.1) is 11.3 Å². The zero-order valence-corrected chi connectivity index (χ0v) is 11.2. The largest absolute Gasteiger partial charge is 0.388 e. The van der Waals surface area contributed by atoms with Gasteiger partial charge in [-0.05, 0) is 42.0 Å². The molecule has 15 heavy (non-hydrogen) atoms. The van der Waals surface area contributed by atoms with Crippen molar-refractivity contribution < 1.29 is 0 Å². The summed E-state index contributed by atoms with van der Waals surface area (Å²) in [5, 5.41) is 9.21. The summed E-state index contributed by atoms with van der Waals surface area (Å²) in [6, 6.07) is 2.14. The van der Waals surface area contributed by atoms with Crippen LogP contribution in [0.2, 0.25) is 0 Å². The minimum absolute atomic E-state index is 0.280. The number of halogens is 1. The maximum absolute atomic E-state index is 7.12. The van der Waals surface area contributed by atoms with E-state index in [1.54, 1.807) is 11.3 Å². The summed E-state index contributed by atoms with van der Waals surface area (Å²) in [5.74, 6) is 0.280. The summed E-state index contributed by atoms with van der Waals surface area (Å²) in [6.45, 7) is 1.95. The van der Waals surface area contributed by atoms with Crippen molar-refractivity contribution in [1.82, 2.24) is 4.90 Å². The quantitative estimate of drug-likeness (QED) is 0.625. The molecule has 1 heterocycles. The van der Waals surface area contributed by atoms with Crippen molar-refractivity contribution in [2.24, 2.45) is 5.73 Å². The topological polar surface area (TPSA) is 53.1 Å². The molecule has 0 saturated heterocycles. The van der Waals surface area contributed by atoms with Gasteiger partial charge in [0.1, 0.15) is 0 Å². The minimum Gasteiger partial charge on any atom is -0.388 e. The van der Waals surface area contributed by atoms with Crippen LogP contribution in [0, 0.1) is 5.41 Å². The fourth-order valence-electron chi connectivity index (χ4n) is 1.32. The molecule has 1 aromatic rings. The first-order valence-electron chi connectivity index (χ1n) is 4.82. The van der Waals surface area contributed by atoms with E-state index in [9.17, 15) is 0 Å². The first kappa shape index (κ1) is 12.7. The van der Waals surface area contributed by atoms with Gasteiger partial charge in [0, 0.05) is 27.7 Å². The number of thiophene rings is 1. The van der Waals surface area contributed by atoms with Crippen molar-refractivity contribution >= 4 is 33.1 Å². The maximum Gasteiger partial charge on any atom is 0.0905 e. The zero-order valence-electron chi connectivity index (χ0n) is 8.79. The molecule has 0 amide bonds. The Morgan fingerprint density at radius 2 is 2.40 bits per heavy atom. The van der Waals surface area contributed by atoms with Gasteiger partial charge in [-0.2, -0.15) is 0 Å². The molecule has 3 nitrogen and oxygen atoms in total. The molecule has 0 bridgehead atoms. The Balaban J connectivity index is 2.24.